The van der Waals surface area contributed by atoms with Crippen molar-refractivity contribution in [2.45, 2.75) is 38.5 Å². The first-order valence-corrected chi connectivity index (χ1v) is 8.92. The summed E-state index contributed by atoms with van der Waals surface area (Å²) >= 11 is 0. The second-order valence-electron chi connectivity index (χ2n) is 5.78. The smallest absolute Gasteiger partial charge is 0.426 e. The molecule has 1 fully saturated rings. The van der Waals surface area contributed by atoms with Crippen LogP contribution >= 0.6 is 0 Å². The number of carbonyl (C=O) groups is 2. The lowest BCUT2D eigenvalue weighted by molar-refractivity contribution is -0.215. The van der Waals surface area contributed by atoms with Gasteiger partial charge >= 0.3 is 18.1 Å². The number of halogens is 3. The number of hydrogen-bond donors (Lipinski definition) is 1. The summed E-state index contributed by atoms with van der Waals surface area (Å²) < 4.78 is 81.4. The molecule has 0 aromatic heterocycles. The first-order chi connectivity index (χ1) is 11.4. The summed E-state index contributed by atoms with van der Waals surface area (Å²) in [5.41, 5.74) is -0.271. The predicted molar refractivity (Wildman–Crippen MR) is 76.1 cm³/mol. The van der Waals surface area contributed by atoms with Crippen LogP contribution in [0.3, 0.4) is 0 Å². The van der Waals surface area contributed by atoms with E-state index in [-0.39, 0.29) is 12.0 Å². The maximum absolute atomic E-state index is 12.6. The molecule has 1 saturated heterocycles. The van der Waals surface area contributed by atoms with Crippen LogP contribution in [0.15, 0.2) is 0 Å². The largest absolute Gasteiger partial charge is 0.465 e. The second kappa shape index (κ2) is 8.32. The van der Waals surface area contributed by atoms with E-state index in [1.807, 2.05) is 6.92 Å². The van der Waals surface area contributed by atoms with Crippen LogP contribution in [0.5, 0.6) is 0 Å². The van der Waals surface area contributed by atoms with Gasteiger partial charge in [-0.15, -0.1) is 0 Å². The zero-order valence-corrected chi connectivity index (χ0v) is 14.2. The number of alkyl halides is 3. The highest BCUT2D eigenvalue weighted by Crippen LogP contribution is 2.31. The van der Waals surface area contributed by atoms with Crippen molar-refractivity contribution in [1.29, 1.82) is 0 Å². The van der Waals surface area contributed by atoms with Crippen molar-refractivity contribution >= 4 is 22.1 Å². The van der Waals surface area contributed by atoms with Gasteiger partial charge < -0.3 is 14.2 Å². The number of ether oxygens (including phenoxy) is 3. The van der Waals surface area contributed by atoms with Crippen LogP contribution in [0.4, 0.5) is 13.2 Å². The number of carbonyl (C=O) groups excluding carboxylic acids is 2. The average molecular weight is 392 g/mol. The maximum atomic E-state index is 12.6. The first-order valence-electron chi connectivity index (χ1n) is 7.32. The number of rotatable bonds is 9. The van der Waals surface area contributed by atoms with Crippen LogP contribution in [-0.4, -0.2) is 62.8 Å². The topological polar surface area (TPSA) is 116 Å². The van der Waals surface area contributed by atoms with Gasteiger partial charge in [-0.1, -0.05) is 6.92 Å². The molecule has 0 aromatic rings. The van der Waals surface area contributed by atoms with Crippen molar-refractivity contribution in [1.82, 2.24) is 0 Å². The van der Waals surface area contributed by atoms with E-state index in [1.54, 1.807) is 0 Å². The molecule has 0 amide bonds. The summed E-state index contributed by atoms with van der Waals surface area (Å²) in [7, 11) is -5.01. The highest BCUT2D eigenvalue weighted by atomic mass is 32.2. The fourth-order valence-electron chi connectivity index (χ4n) is 1.89. The fourth-order valence-corrected chi connectivity index (χ4v) is 2.53. The van der Waals surface area contributed by atoms with Gasteiger partial charge in [-0.3, -0.25) is 14.1 Å². The highest BCUT2D eigenvalue weighted by molar-refractivity contribution is 7.85. The third-order valence-electron chi connectivity index (χ3n) is 3.64. The van der Waals surface area contributed by atoms with Crippen molar-refractivity contribution in [3.05, 3.63) is 0 Å². The molecule has 1 N–H and O–H groups in total. The zero-order chi connectivity index (χ0) is 19.3. The Hall–Kier alpha value is -1.40. The minimum atomic E-state index is -5.18. The van der Waals surface area contributed by atoms with E-state index in [4.69, 9.17) is 14.0 Å². The van der Waals surface area contributed by atoms with E-state index in [0.717, 1.165) is 0 Å². The quantitative estimate of drug-likeness (QED) is 0.458. The van der Waals surface area contributed by atoms with E-state index in [9.17, 15) is 31.2 Å². The van der Waals surface area contributed by atoms with Gasteiger partial charge in [0.05, 0.1) is 31.5 Å². The van der Waals surface area contributed by atoms with E-state index in [2.05, 4.69) is 4.74 Å². The van der Waals surface area contributed by atoms with Gasteiger partial charge in [-0.25, -0.2) is 0 Å². The van der Waals surface area contributed by atoms with Crippen molar-refractivity contribution in [2.24, 2.45) is 5.41 Å². The molecule has 0 radical (unpaired) electrons. The van der Waals surface area contributed by atoms with Gasteiger partial charge in [0.2, 0.25) is 6.10 Å². The van der Waals surface area contributed by atoms with Gasteiger partial charge in [0.15, 0.2) is 0 Å². The molecule has 1 atom stereocenters. The maximum Gasteiger partial charge on any atom is 0.426 e. The van der Waals surface area contributed by atoms with Gasteiger partial charge in [0, 0.05) is 0 Å². The molecular weight excluding hydrogens is 373 g/mol. The van der Waals surface area contributed by atoms with Crippen LogP contribution in [0.1, 0.15) is 26.2 Å². The molecule has 0 aromatic carbocycles. The Bertz CT molecular complexity index is 577. The molecule has 1 rings (SSSR count). The van der Waals surface area contributed by atoms with E-state index >= 15 is 0 Å². The molecule has 146 valence electrons. The molecule has 0 saturated carbocycles. The predicted octanol–water partition coefficient (Wildman–Crippen LogP) is 1.10. The highest BCUT2D eigenvalue weighted by Gasteiger charge is 2.45. The van der Waals surface area contributed by atoms with Crippen LogP contribution in [0.25, 0.3) is 0 Å². The Morgan fingerprint density at radius 2 is 1.80 bits per heavy atom. The summed E-state index contributed by atoms with van der Waals surface area (Å²) in [6, 6.07) is 0. The SMILES string of the molecule is CCC1(COC(=O)CCC(=O)OC(CS(=O)(=O)O)C(F)(F)F)COC1. The lowest BCUT2D eigenvalue weighted by Crippen LogP contribution is -2.46. The average Bonchev–Trinajstić information content (AvgIpc) is 2.41. The lowest BCUT2D eigenvalue weighted by atomic mass is 9.84. The number of esters is 2. The summed E-state index contributed by atoms with van der Waals surface area (Å²) in [4.78, 5) is 22.9. The molecule has 0 aliphatic carbocycles. The molecule has 0 bridgehead atoms. The van der Waals surface area contributed by atoms with Gasteiger partial charge in [-0.05, 0) is 6.42 Å². The minimum absolute atomic E-state index is 0.0747. The van der Waals surface area contributed by atoms with Gasteiger partial charge in [0.25, 0.3) is 10.1 Å². The molecule has 1 unspecified atom stereocenters. The molecular formula is C13H19F3O8S. The minimum Gasteiger partial charge on any atom is -0.465 e. The molecule has 12 heteroatoms. The normalized spacial score (nSPS) is 18.1. The lowest BCUT2D eigenvalue weighted by Gasteiger charge is -2.39. The molecule has 8 nitrogen and oxygen atoms in total. The zero-order valence-electron chi connectivity index (χ0n) is 13.4. The van der Waals surface area contributed by atoms with Crippen LogP contribution in [0, 0.1) is 5.41 Å². The standard InChI is InChI=1S/C13H19F3O8S/c1-2-12(6-22-7-12)8-23-10(17)3-4-11(18)24-9(13(14,15)16)5-25(19,20)21/h9H,2-8H2,1H3,(H,19,20,21). The molecule has 1 heterocycles. The van der Waals surface area contributed by atoms with Gasteiger partial charge in [0.1, 0.15) is 12.4 Å². The monoisotopic (exact) mass is 392 g/mol. The molecule has 25 heavy (non-hydrogen) atoms. The van der Waals surface area contributed by atoms with Crippen molar-refractivity contribution in [3.8, 4) is 0 Å². The molecule has 0 spiro atoms. The summed E-state index contributed by atoms with van der Waals surface area (Å²) in [5.74, 6) is -4.04. The fraction of sp³-hybridized carbons (Fsp3) is 0.846. The number of hydrogen-bond acceptors (Lipinski definition) is 7. The van der Waals surface area contributed by atoms with Crippen molar-refractivity contribution < 1.29 is 49.9 Å². The third-order valence-corrected chi connectivity index (χ3v) is 4.36. The van der Waals surface area contributed by atoms with Crippen molar-refractivity contribution in [3.63, 3.8) is 0 Å². The Morgan fingerprint density at radius 3 is 2.20 bits per heavy atom. The van der Waals surface area contributed by atoms with E-state index in [1.165, 1.54) is 0 Å². The Labute approximate surface area is 142 Å². The van der Waals surface area contributed by atoms with E-state index in [0.29, 0.717) is 19.6 Å². The second-order valence-corrected chi connectivity index (χ2v) is 7.27. The Morgan fingerprint density at radius 1 is 1.24 bits per heavy atom. The van der Waals surface area contributed by atoms with Crippen LogP contribution in [-0.2, 0) is 33.9 Å². The third kappa shape index (κ3) is 7.57. The van der Waals surface area contributed by atoms with Crippen molar-refractivity contribution in [2.75, 3.05) is 25.6 Å². The Balaban J connectivity index is 2.42. The van der Waals surface area contributed by atoms with E-state index < -0.39 is 52.9 Å². The first kappa shape index (κ1) is 21.6. The molecule has 1 aliphatic heterocycles. The van der Waals surface area contributed by atoms with Crippen LogP contribution in [0.2, 0.25) is 0 Å². The summed E-state index contributed by atoms with van der Waals surface area (Å²) in [5, 5.41) is 0. The summed E-state index contributed by atoms with van der Waals surface area (Å²) in [6.07, 6.45) is -8.71. The Kier molecular flexibility index (Phi) is 7.20. The van der Waals surface area contributed by atoms with Crippen LogP contribution < -0.4 is 0 Å². The molecule has 1 aliphatic rings. The van der Waals surface area contributed by atoms with Gasteiger partial charge in [-0.2, -0.15) is 21.6 Å². The summed E-state index contributed by atoms with van der Waals surface area (Å²) in [6.45, 7) is 2.83.